The average molecular weight is 362 g/mol. The summed E-state index contributed by atoms with van der Waals surface area (Å²) in [5, 5.41) is 0. The Morgan fingerprint density at radius 2 is 2.14 bits per heavy atom. The smallest absolute Gasteiger partial charge is 0.246 e. The number of hydrogen-bond donors (Lipinski definition) is 0. The summed E-state index contributed by atoms with van der Waals surface area (Å²) in [7, 11) is 0. The van der Waals surface area contributed by atoms with Crippen molar-refractivity contribution >= 4 is 21.8 Å². The van der Waals surface area contributed by atoms with Crippen LogP contribution in [-0.2, 0) is 11.2 Å². The SMILES string of the molecule is CCC(=CBr)CCCC(Cc1ccccc1)N1CC=CC1=O. The summed E-state index contributed by atoms with van der Waals surface area (Å²) in [5.74, 6) is 0.160. The van der Waals surface area contributed by atoms with Crippen LogP contribution in [0.4, 0.5) is 0 Å². The van der Waals surface area contributed by atoms with Crippen molar-refractivity contribution in [3.63, 3.8) is 0 Å². The van der Waals surface area contributed by atoms with Gasteiger partial charge in [-0.3, -0.25) is 4.79 Å². The van der Waals surface area contributed by atoms with Gasteiger partial charge in [0, 0.05) is 18.7 Å². The lowest BCUT2D eigenvalue weighted by Crippen LogP contribution is -2.38. The Bertz CT molecular complexity index is 536. The zero-order valence-corrected chi connectivity index (χ0v) is 14.8. The van der Waals surface area contributed by atoms with E-state index in [4.69, 9.17) is 0 Å². The second-order valence-corrected chi connectivity index (χ2v) is 6.21. The van der Waals surface area contributed by atoms with E-state index in [1.54, 1.807) is 6.08 Å². The fourth-order valence-corrected chi connectivity index (χ4v) is 3.46. The van der Waals surface area contributed by atoms with E-state index in [1.165, 1.54) is 11.1 Å². The van der Waals surface area contributed by atoms with Crippen LogP contribution >= 0.6 is 15.9 Å². The second kappa shape index (κ2) is 8.94. The van der Waals surface area contributed by atoms with Crippen LogP contribution in [0, 0.1) is 0 Å². The van der Waals surface area contributed by atoms with E-state index in [9.17, 15) is 4.79 Å². The molecule has 1 aromatic rings. The zero-order valence-electron chi connectivity index (χ0n) is 13.2. The molecule has 0 aliphatic carbocycles. The summed E-state index contributed by atoms with van der Waals surface area (Å²) in [5.41, 5.74) is 2.74. The number of carbonyl (C=O) groups excluding carboxylic acids is 1. The Morgan fingerprint density at radius 3 is 2.73 bits per heavy atom. The molecule has 0 N–H and O–H groups in total. The van der Waals surface area contributed by atoms with Crippen LogP contribution in [0.15, 0.2) is 53.0 Å². The van der Waals surface area contributed by atoms with E-state index in [-0.39, 0.29) is 5.91 Å². The largest absolute Gasteiger partial charge is 0.332 e. The van der Waals surface area contributed by atoms with Gasteiger partial charge in [-0.1, -0.05) is 64.8 Å². The molecule has 1 amide bonds. The molecular weight excluding hydrogens is 338 g/mol. The van der Waals surface area contributed by atoms with Gasteiger partial charge in [-0.2, -0.15) is 0 Å². The summed E-state index contributed by atoms with van der Waals surface area (Å²) in [6.07, 6.45) is 8.96. The molecule has 0 bridgehead atoms. The maximum absolute atomic E-state index is 12.0. The summed E-state index contributed by atoms with van der Waals surface area (Å²) >= 11 is 3.44. The van der Waals surface area contributed by atoms with Gasteiger partial charge in [0.1, 0.15) is 0 Å². The highest BCUT2D eigenvalue weighted by Gasteiger charge is 2.24. The maximum atomic E-state index is 12.0. The van der Waals surface area contributed by atoms with Gasteiger partial charge in [0.25, 0.3) is 0 Å². The van der Waals surface area contributed by atoms with Gasteiger partial charge in [0.15, 0.2) is 0 Å². The fourth-order valence-electron chi connectivity index (χ4n) is 2.91. The minimum Gasteiger partial charge on any atom is -0.332 e. The quantitative estimate of drug-likeness (QED) is 0.647. The van der Waals surface area contributed by atoms with Crippen molar-refractivity contribution in [3.8, 4) is 0 Å². The third kappa shape index (κ3) is 4.84. The normalized spacial score (nSPS) is 16.4. The molecule has 0 aromatic heterocycles. The van der Waals surface area contributed by atoms with Crippen LogP contribution in [0.2, 0.25) is 0 Å². The van der Waals surface area contributed by atoms with E-state index in [2.05, 4.69) is 47.1 Å². The molecule has 0 spiro atoms. The number of nitrogens with zero attached hydrogens (tertiary/aromatic N) is 1. The molecule has 0 radical (unpaired) electrons. The predicted molar refractivity (Wildman–Crippen MR) is 95.9 cm³/mol. The van der Waals surface area contributed by atoms with Gasteiger partial charge in [-0.05, 0) is 42.7 Å². The molecule has 3 heteroatoms. The Balaban J connectivity index is 1.97. The summed E-state index contributed by atoms with van der Waals surface area (Å²) in [6, 6.07) is 10.8. The molecule has 1 unspecified atom stereocenters. The maximum Gasteiger partial charge on any atom is 0.246 e. The van der Waals surface area contributed by atoms with E-state index in [0.717, 1.165) is 38.6 Å². The van der Waals surface area contributed by atoms with E-state index in [1.807, 2.05) is 22.0 Å². The van der Waals surface area contributed by atoms with E-state index < -0.39 is 0 Å². The number of benzene rings is 1. The lowest BCUT2D eigenvalue weighted by molar-refractivity contribution is -0.126. The molecule has 2 nitrogen and oxygen atoms in total. The van der Waals surface area contributed by atoms with Crippen LogP contribution in [0.5, 0.6) is 0 Å². The van der Waals surface area contributed by atoms with Gasteiger partial charge < -0.3 is 4.90 Å². The van der Waals surface area contributed by atoms with Crippen LogP contribution in [0.25, 0.3) is 0 Å². The standard InChI is InChI=1S/C19H24BrNO/c1-2-16(15-20)10-6-11-18(21-13-7-12-19(21)22)14-17-8-4-3-5-9-17/h3-5,7-9,12,15,18H,2,6,10-11,13-14H2,1H3. The zero-order chi connectivity index (χ0) is 15.8. The molecule has 22 heavy (non-hydrogen) atoms. The fraction of sp³-hybridized carbons (Fsp3) is 0.421. The first kappa shape index (κ1) is 17.0. The van der Waals surface area contributed by atoms with E-state index >= 15 is 0 Å². The summed E-state index contributed by atoms with van der Waals surface area (Å²) in [4.78, 5) is 16.1. The van der Waals surface area contributed by atoms with Gasteiger partial charge in [-0.15, -0.1) is 0 Å². The molecule has 1 heterocycles. The van der Waals surface area contributed by atoms with Gasteiger partial charge in [-0.25, -0.2) is 0 Å². The van der Waals surface area contributed by atoms with Gasteiger partial charge in [0.2, 0.25) is 5.91 Å². The lowest BCUT2D eigenvalue weighted by Gasteiger charge is -2.28. The molecule has 2 rings (SSSR count). The van der Waals surface area contributed by atoms with Crippen molar-refractivity contribution in [3.05, 3.63) is 58.6 Å². The Kier molecular flexibility index (Phi) is 6.91. The van der Waals surface area contributed by atoms with E-state index in [0.29, 0.717) is 6.04 Å². The van der Waals surface area contributed by atoms with Crippen molar-refractivity contribution in [2.24, 2.45) is 0 Å². The van der Waals surface area contributed by atoms with Crippen LogP contribution in [-0.4, -0.2) is 23.4 Å². The number of hydrogen-bond acceptors (Lipinski definition) is 1. The second-order valence-electron chi connectivity index (χ2n) is 5.75. The Labute approximate surface area is 142 Å². The third-order valence-electron chi connectivity index (χ3n) is 4.24. The van der Waals surface area contributed by atoms with Crippen LogP contribution in [0.1, 0.15) is 38.2 Å². The van der Waals surface area contributed by atoms with Gasteiger partial charge in [0.05, 0.1) is 0 Å². The number of amides is 1. The number of halogens is 1. The highest BCUT2D eigenvalue weighted by Crippen LogP contribution is 2.21. The molecule has 1 aromatic carbocycles. The third-order valence-corrected chi connectivity index (χ3v) is 4.89. The minimum atomic E-state index is 0.160. The highest BCUT2D eigenvalue weighted by molar-refractivity contribution is 9.11. The first-order valence-electron chi connectivity index (χ1n) is 8.03. The molecular formula is C19H24BrNO. The predicted octanol–water partition coefficient (Wildman–Crippen LogP) is 4.86. The molecule has 0 saturated heterocycles. The first-order chi connectivity index (χ1) is 10.7. The number of allylic oxidation sites excluding steroid dienone is 1. The van der Waals surface area contributed by atoms with Crippen molar-refractivity contribution in [1.29, 1.82) is 0 Å². The van der Waals surface area contributed by atoms with Gasteiger partial charge >= 0.3 is 0 Å². The summed E-state index contributed by atoms with van der Waals surface area (Å²) in [6.45, 7) is 2.94. The first-order valence-corrected chi connectivity index (χ1v) is 8.95. The molecule has 0 saturated carbocycles. The Morgan fingerprint density at radius 1 is 1.36 bits per heavy atom. The molecule has 1 atom stereocenters. The minimum absolute atomic E-state index is 0.160. The van der Waals surface area contributed by atoms with Crippen molar-refractivity contribution < 1.29 is 4.79 Å². The molecule has 118 valence electrons. The number of rotatable bonds is 8. The summed E-state index contributed by atoms with van der Waals surface area (Å²) < 4.78 is 0. The number of carbonyl (C=O) groups is 1. The van der Waals surface area contributed by atoms with Crippen LogP contribution in [0.3, 0.4) is 0 Å². The highest BCUT2D eigenvalue weighted by atomic mass is 79.9. The Hall–Kier alpha value is -1.35. The van der Waals surface area contributed by atoms with Crippen molar-refractivity contribution in [1.82, 2.24) is 4.90 Å². The molecule has 1 aliphatic rings. The van der Waals surface area contributed by atoms with Crippen molar-refractivity contribution in [2.45, 2.75) is 45.1 Å². The lowest BCUT2D eigenvalue weighted by atomic mass is 9.97. The average Bonchev–Trinajstić information content (AvgIpc) is 2.97. The monoisotopic (exact) mass is 361 g/mol. The topological polar surface area (TPSA) is 20.3 Å². The van der Waals surface area contributed by atoms with Crippen LogP contribution < -0.4 is 0 Å². The molecule has 0 fully saturated rings. The molecule has 1 aliphatic heterocycles. The van der Waals surface area contributed by atoms with Crippen molar-refractivity contribution in [2.75, 3.05) is 6.54 Å².